The van der Waals surface area contributed by atoms with Gasteiger partial charge in [0.1, 0.15) is 0 Å². The summed E-state index contributed by atoms with van der Waals surface area (Å²) >= 11 is 3.62. The Hall–Kier alpha value is -0.580. The van der Waals surface area contributed by atoms with Crippen LogP contribution in [0.3, 0.4) is 0 Å². The molecule has 2 unspecified atom stereocenters. The maximum Gasteiger partial charge on any atom is 0.161 e. The molecule has 13 heavy (non-hydrogen) atoms. The standard InChI is InChI=1S/C8H10ClNO2S/c9-5-8(13(11)12)6-1-3-7(10)4-2-6/h1-4,8H,5,10H2,(H,11,12). The largest absolute Gasteiger partial charge is 0.399 e. The van der Waals surface area contributed by atoms with Crippen LogP contribution in [0.5, 0.6) is 0 Å². The van der Waals surface area contributed by atoms with E-state index >= 15 is 0 Å². The van der Waals surface area contributed by atoms with Crippen molar-refractivity contribution in [3.8, 4) is 0 Å². The lowest BCUT2D eigenvalue weighted by Crippen LogP contribution is -2.07. The molecule has 1 aromatic carbocycles. The van der Waals surface area contributed by atoms with E-state index in [-0.39, 0.29) is 5.88 Å². The molecule has 0 saturated carbocycles. The average Bonchev–Trinajstić information content (AvgIpc) is 2.09. The maximum atomic E-state index is 10.8. The molecule has 1 aromatic rings. The van der Waals surface area contributed by atoms with Crippen molar-refractivity contribution in [2.24, 2.45) is 0 Å². The van der Waals surface area contributed by atoms with Gasteiger partial charge < -0.3 is 10.3 Å². The Morgan fingerprint density at radius 1 is 1.46 bits per heavy atom. The minimum atomic E-state index is -1.93. The van der Waals surface area contributed by atoms with Gasteiger partial charge in [0, 0.05) is 11.6 Å². The van der Waals surface area contributed by atoms with Gasteiger partial charge in [0.15, 0.2) is 11.1 Å². The molecule has 0 amide bonds. The zero-order valence-corrected chi connectivity index (χ0v) is 8.39. The Morgan fingerprint density at radius 2 is 2.00 bits per heavy atom. The van der Waals surface area contributed by atoms with Crippen LogP contribution in [-0.2, 0) is 11.1 Å². The van der Waals surface area contributed by atoms with E-state index in [0.717, 1.165) is 5.56 Å². The van der Waals surface area contributed by atoms with Crippen LogP contribution in [0.4, 0.5) is 5.69 Å². The van der Waals surface area contributed by atoms with E-state index in [9.17, 15) is 4.21 Å². The SMILES string of the molecule is Nc1ccc(C(CCl)S(=O)O)cc1. The highest BCUT2D eigenvalue weighted by Gasteiger charge is 2.15. The van der Waals surface area contributed by atoms with Gasteiger partial charge in [0.25, 0.3) is 0 Å². The molecule has 0 radical (unpaired) electrons. The number of benzene rings is 1. The van der Waals surface area contributed by atoms with Crippen molar-refractivity contribution in [1.82, 2.24) is 0 Å². The predicted octanol–water partition coefficient (Wildman–Crippen LogP) is 1.77. The Kier molecular flexibility index (Phi) is 3.71. The molecular formula is C8H10ClNO2S. The molecule has 5 heteroatoms. The topological polar surface area (TPSA) is 63.3 Å². The quantitative estimate of drug-likeness (QED) is 0.463. The molecular weight excluding hydrogens is 210 g/mol. The lowest BCUT2D eigenvalue weighted by molar-refractivity contribution is 0.554. The molecule has 72 valence electrons. The summed E-state index contributed by atoms with van der Waals surface area (Å²) in [6.45, 7) is 0. The van der Waals surface area contributed by atoms with Crippen LogP contribution in [0.25, 0.3) is 0 Å². The highest BCUT2D eigenvalue weighted by Crippen LogP contribution is 2.21. The van der Waals surface area contributed by atoms with Crippen molar-refractivity contribution in [2.75, 3.05) is 11.6 Å². The lowest BCUT2D eigenvalue weighted by Gasteiger charge is -2.09. The Balaban J connectivity index is 2.92. The summed E-state index contributed by atoms with van der Waals surface area (Å²) in [5, 5.41) is -0.540. The number of nitrogens with two attached hydrogens (primary N) is 1. The third kappa shape index (κ3) is 2.69. The summed E-state index contributed by atoms with van der Waals surface area (Å²) in [5.41, 5.74) is 6.83. The zero-order chi connectivity index (χ0) is 9.84. The number of anilines is 1. The van der Waals surface area contributed by atoms with E-state index in [2.05, 4.69) is 0 Å². The molecule has 2 atom stereocenters. The van der Waals surface area contributed by atoms with Crippen molar-refractivity contribution in [3.63, 3.8) is 0 Å². The van der Waals surface area contributed by atoms with Crippen LogP contribution in [0.15, 0.2) is 24.3 Å². The monoisotopic (exact) mass is 219 g/mol. The highest BCUT2D eigenvalue weighted by molar-refractivity contribution is 7.79. The van der Waals surface area contributed by atoms with Gasteiger partial charge >= 0.3 is 0 Å². The van der Waals surface area contributed by atoms with Crippen molar-refractivity contribution < 1.29 is 8.76 Å². The van der Waals surface area contributed by atoms with Gasteiger partial charge in [0.2, 0.25) is 0 Å². The van der Waals surface area contributed by atoms with Crippen LogP contribution in [0.1, 0.15) is 10.8 Å². The van der Waals surface area contributed by atoms with Crippen LogP contribution in [0, 0.1) is 0 Å². The van der Waals surface area contributed by atoms with Crippen molar-refractivity contribution in [3.05, 3.63) is 29.8 Å². The lowest BCUT2D eigenvalue weighted by atomic mass is 10.1. The molecule has 1 rings (SSSR count). The van der Waals surface area contributed by atoms with Crippen molar-refractivity contribution in [1.29, 1.82) is 0 Å². The van der Waals surface area contributed by atoms with Gasteiger partial charge in [-0.05, 0) is 17.7 Å². The molecule has 3 N–H and O–H groups in total. The Labute approximate surface area is 84.2 Å². The zero-order valence-electron chi connectivity index (χ0n) is 6.81. The fraction of sp³-hybridized carbons (Fsp3) is 0.250. The summed E-state index contributed by atoms with van der Waals surface area (Å²) in [5.74, 6) is 0.118. The van der Waals surface area contributed by atoms with E-state index < -0.39 is 16.3 Å². The van der Waals surface area contributed by atoms with E-state index in [0.29, 0.717) is 5.69 Å². The van der Waals surface area contributed by atoms with Gasteiger partial charge in [-0.2, -0.15) is 0 Å². The molecule has 0 bridgehead atoms. The van der Waals surface area contributed by atoms with Crippen LogP contribution < -0.4 is 5.73 Å². The second kappa shape index (κ2) is 4.60. The smallest absolute Gasteiger partial charge is 0.161 e. The predicted molar refractivity (Wildman–Crippen MR) is 55.1 cm³/mol. The van der Waals surface area contributed by atoms with Crippen molar-refractivity contribution in [2.45, 2.75) is 5.25 Å². The fourth-order valence-electron chi connectivity index (χ4n) is 0.970. The molecule has 3 nitrogen and oxygen atoms in total. The third-order valence-electron chi connectivity index (χ3n) is 1.69. The second-order valence-corrected chi connectivity index (χ2v) is 4.02. The molecule has 0 fully saturated rings. The third-order valence-corrected chi connectivity index (χ3v) is 3.11. The minimum absolute atomic E-state index is 0.118. The van der Waals surface area contributed by atoms with E-state index in [1.165, 1.54) is 0 Å². The number of halogens is 1. The summed E-state index contributed by atoms with van der Waals surface area (Å²) < 4.78 is 19.7. The molecule has 0 aliphatic carbocycles. The molecule has 0 saturated heterocycles. The summed E-state index contributed by atoms with van der Waals surface area (Å²) in [6, 6.07) is 6.77. The number of hydrogen-bond acceptors (Lipinski definition) is 2. The van der Waals surface area contributed by atoms with Crippen LogP contribution in [-0.4, -0.2) is 14.6 Å². The van der Waals surface area contributed by atoms with Gasteiger partial charge in [-0.25, -0.2) is 4.21 Å². The molecule has 0 heterocycles. The summed E-state index contributed by atoms with van der Waals surface area (Å²) in [4.78, 5) is 0. The average molecular weight is 220 g/mol. The molecule has 0 aliphatic heterocycles. The molecule has 0 aliphatic rings. The fourth-order valence-corrected chi connectivity index (χ4v) is 1.97. The van der Waals surface area contributed by atoms with E-state index in [4.69, 9.17) is 21.9 Å². The van der Waals surface area contributed by atoms with Gasteiger partial charge in [0.05, 0.1) is 5.25 Å². The van der Waals surface area contributed by atoms with Gasteiger partial charge in [-0.15, -0.1) is 11.6 Å². The molecule has 0 spiro atoms. The van der Waals surface area contributed by atoms with Crippen molar-refractivity contribution >= 4 is 28.4 Å². The van der Waals surface area contributed by atoms with E-state index in [1.807, 2.05) is 0 Å². The first kappa shape index (κ1) is 10.5. The summed E-state index contributed by atoms with van der Waals surface area (Å²) in [7, 11) is 0. The maximum absolute atomic E-state index is 10.8. The summed E-state index contributed by atoms with van der Waals surface area (Å²) in [6.07, 6.45) is 0. The first-order chi connectivity index (χ1) is 6.15. The Bertz CT molecular complexity index is 302. The van der Waals surface area contributed by atoms with Gasteiger partial charge in [-0.3, -0.25) is 0 Å². The van der Waals surface area contributed by atoms with Crippen LogP contribution >= 0.6 is 11.6 Å². The first-order valence-electron chi connectivity index (χ1n) is 3.66. The molecule has 0 aromatic heterocycles. The number of rotatable bonds is 3. The minimum Gasteiger partial charge on any atom is -0.399 e. The number of hydrogen-bond donors (Lipinski definition) is 2. The number of nitrogen functional groups attached to an aromatic ring is 1. The van der Waals surface area contributed by atoms with Gasteiger partial charge in [-0.1, -0.05) is 12.1 Å². The normalized spacial score (nSPS) is 15.2. The second-order valence-electron chi connectivity index (χ2n) is 2.59. The first-order valence-corrected chi connectivity index (χ1v) is 5.36. The Morgan fingerprint density at radius 3 is 2.38 bits per heavy atom. The van der Waals surface area contributed by atoms with Crippen LogP contribution in [0.2, 0.25) is 0 Å². The van der Waals surface area contributed by atoms with E-state index in [1.54, 1.807) is 24.3 Å². The number of alkyl halides is 1. The highest BCUT2D eigenvalue weighted by atomic mass is 35.5.